The average Bonchev–Trinajstić information content (AvgIpc) is 2.87. The molecule has 1 aromatic heterocycles. The maximum Gasteiger partial charge on any atom is 0.322 e. The lowest BCUT2D eigenvalue weighted by molar-refractivity contribution is -0.140. The summed E-state index contributed by atoms with van der Waals surface area (Å²) in [6, 6.07) is -0.975. The zero-order chi connectivity index (χ0) is 13.5. The lowest BCUT2D eigenvalue weighted by Gasteiger charge is -2.19. The number of hydrogen-bond donors (Lipinski definition) is 1. The molecule has 0 spiro atoms. The van der Waals surface area contributed by atoms with Gasteiger partial charge in [-0.05, 0) is 19.8 Å². The molecule has 1 aliphatic heterocycles. The van der Waals surface area contributed by atoms with Gasteiger partial charge in [0.05, 0.1) is 0 Å². The monoisotopic (exact) mass is 273 g/mol. The molecule has 18 heavy (non-hydrogen) atoms. The molecule has 1 aromatic rings. The van der Waals surface area contributed by atoms with E-state index in [9.17, 15) is 13.2 Å². The Morgan fingerprint density at radius 2 is 2.22 bits per heavy atom. The molecule has 1 unspecified atom stereocenters. The summed E-state index contributed by atoms with van der Waals surface area (Å²) in [5.74, 6) is -0.539. The van der Waals surface area contributed by atoms with Gasteiger partial charge >= 0.3 is 5.97 Å². The molecule has 2 heterocycles. The predicted molar refractivity (Wildman–Crippen MR) is 62.5 cm³/mol. The van der Waals surface area contributed by atoms with Gasteiger partial charge in [0, 0.05) is 19.8 Å². The van der Waals surface area contributed by atoms with E-state index in [1.54, 1.807) is 18.5 Å². The third-order valence-electron chi connectivity index (χ3n) is 3.15. The normalized spacial score (nSPS) is 21.3. The van der Waals surface area contributed by atoms with Crippen molar-refractivity contribution in [2.45, 2.75) is 30.8 Å². The Morgan fingerprint density at radius 1 is 1.56 bits per heavy atom. The molecule has 0 bridgehead atoms. The fourth-order valence-corrected chi connectivity index (χ4v) is 3.72. The number of aliphatic carboxylic acids is 1. The van der Waals surface area contributed by atoms with E-state index in [1.807, 2.05) is 0 Å². The molecule has 2 rings (SSSR count). The van der Waals surface area contributed by atoms with Crippen molar-refractivity contribution in [2.75, 3.05) is 6.54 Å². The number of rotatable bonds is 3. The molecule has 8 heteroatoms. The van der Waals surface area contributed by atoms with E-state index >= 15 is 0 Å². The van der Waals surface area contributed by atoms with Crippen molar-refractivity contribution >= 4 is 16.0 Å². The highest BCUT2D eigenvalue weighted by Gasteiger charge is 2.40. The first-order valence-electron chi connectivity index (χ1n) is 5.58. The first-order chi connectivity index (χ1) is 8.34. The zero-order valence-corrected chi connectivity index (χ0v) is 11.0. The molecular weight excluding hydrogens is 258 g/mol. The highest BCUT2D eigenvalue weighted by atomic mass is 32.2. The lowest BCUT2D eigenvalue weighted by Crippen LogP contribution is -2.40. The Kier molecular flexibility index (Phi) is 3.16. The quantitative estimate of drug-likeness (QED) is 0.834. The molecule has 1 N–H and O–H groups in total. The lowest BCUT2D eigenvalue weighted by atomic mass is 10.2. The molecule has 0 saturated carbocycles. The number of aromatic nitrogens is 2. The Hall–Kier alpha value is -1.41. The van der Waals surface area contributed by atoms with Crippen LogP contribution in [0.3, 0.4) is 0 Å². The number of aryl methyl sites for hydroxylation is 2. The standard InChI is InChI=1S/C10H15N3O4S/c1-7-11-9(6-12(7)2)18(16,17)13-5-3-4-8(13)10(14)15/h6,8H,3-5H2,1-2H3,(H,14,15). The second-order valence-electron chi connectivity index (χ2n) is 4.35. The van der Waals surface area contributed by atoms with Crippen molar-refractivity contribution in [2.24, 2.45) is 7.05 Å². The van der Waals surface area contributed by atoms with Gasteiger partial charge in [-0.25, -0.2) is 13.4 Å². The highest BCUT2D eigenvalue weighted by Crippen LogP contribution is 2.25. The molecule has 0 aromatic carbocycles. The van der Waals surface area contributed by atoms with E-state index in [0.717, 1.165) is 4.31 Å². The van der Waals surface area contributed by atoms with E-state index in [4.69, 9.17) is 5.11 Å². The van der Waals surface area contributed by atoms with Crippen LogP contribution in [0.15, 0.2) is 11.2 Å². The summed E-state index contributed by atoms with van der Waals surface area (Å²) in [5.41, 5.74) is 0. The first-order valence-corrected chi connectivity index (χ1v) is 7.02. The Bertz CT molecular complexity index is 558. The summed E-state index contributed by atoms with van der Waals surface area (Å²) >= 11 is 0. The van der Waals surface area contributed by atoms with Gasteiger partial charge in [0.15, 0.2) is 5.03 Å². The van der Waals surface area contributed by atoms with E-state index in [1.165, 1.54) is 6.20 Å². The molecule has 1 aliphatic rings. The number of sulfonamides is 1. The van der Waals surface area contributed by atoms with Gasteiger partial charge in [0.1, 0.15) is 11.9 Å². The Labute approximate surface area is 105 Å². The van der Waals surface area contributed by atoms with Crippen LogP contribution in [0.25, 0.3) is 0 Å². The third-order valence-corrected chi connectivity index (χ3v) is 4.93. The number of nitrogens with zero attached hydrogens (tertiary/aromatic N) is 3. The van der Waals surface area contributed by atoms with Crippen LogP contribution in [0.5, 0.6) is 0 Å². The summed E-state index contributed by atoms with van der Waals surface area (Å²) in [6.07, 6.45) is 2.31. The topological polar surface area (TPSA) is 92.5 Å². The molecule has 100 valence electrons. The number of imidazole rings is 1. The maximum atomic E-state index is 12.3. The van der Waals surface area contributed by atoms with Crippen molar-refractivity contribution in [3.8, 4) is 0 Å². The fourth-order valence-electron chi connectivity index (χ4n) is 2.05. The van der Waals surface area contributed by atoms with E-state index in [0.29, 0.717) is 18.7 Å². The van der Waals surface area contributed by atoms with Crippen LogP contribution in [-0.2, 0) is 21.9 Å². The van der Waals surface area contributed by atoms with Gasteiger partial charge in [-0.15, -0.1) is 0 Å². The van der Waals surface area contributed by atoms with Gasteiger partial charge in [0.2, 0.25) is 0 Å². The molecule has 1 atom stereocenters. The first kappa shape index (κ1) is 13.0. The molecule has 1 saturated heterocycles. The molecule has 0 aliphatic carbocycles. The summed E-state index contributed by atoms with van der Waals surface area (Å²) in [5, 5.41) is 8.93. The summed E-state index contributed by atoms with van der Waals surface area (Å²) in [4.78, 5) is 15.0. The van der Waals surface area contributed by atoms with Crippen LogP contribution >= 0.6 is 0 Å². The molecule has 7 nitrogen and oxygen atoms in total. The van der Waals surface area contributed by atoms with Gasteiger partial charge in [-0.2, -0.15) is 4.31 Å². The van der Waals surface area contributed by atoms with Crippen LogP contribution in [0.4, 0.5) is 0 Å². The minimum Gasteiger partial charge on any atom is -0.480 e. The van der Waals surface area contributed by atoms with Crippen molar-refractivity contribution in [1.82, 2.24) is 13.9 Å². The van der Waals surface area contributed by atoms with Crippen molar-refractivity contribution in [3.05, 3.63) is 12.0 Å². The number of carboxylic acids is 1. The van der Waals surface area contributed by atoms with Gasteiger partial charge < -0.3 is 9.67 Å². The Morgan fingerprint density at radius 3 is 2.72 bits per heavy atom. The van der Waals surface area contributed by atoms with E-state index in [-0.39, 0.29) is 11.6 Å². The second kappa shape index (κ2) is 4.36. The minimum atomic E-state index is -3.81. The van der Waals surface area contributed by atoms with Gasteiger partial charge in [0.25, 0.3) is 10.0 Å². The van der Waals surface area contributed by atoms with Crippen molar-refractivity contribution in [3.63, 3.8) is 0 Å². The summed E-state index contributed by atoms with van der Waals surface area (Å²) in [7, 11) is -2.12. The molecule has 0 radical (unpaired) electrons. The van der Waals surface area contributed by atoms with Crippen LogP contribution in [0, 0.1) is 6.92 Å². The highest BCUT2D eigenvalue weighted by molar-refractivity contribution is 7.89. The number of carbonyl (C=O) groups is 1. The average molecular weight is 273 g/mol. The number of hydrogen-bond acceptors (Lipinski definition) is 4. The van der Waals surface area contributed by atoms with Crippen LogP contribution < -0.4 is 0 Å². The Balaban J connectivity index is 2.39. The fraction of sp³-hybridized carbons (Fsp3) is 0.600. The van der Waals surface area contributed by atoms with Crippen molar-refractivity contribution in [1.29, 1.82) is 0 Å². The van der Waals surface area contributed by atoms with E-state index < -0.39 is 22.0 Å². The number of carboxylic acid groups (broad SMARTS) is 1. The second-order valence-corrected chi connectivity index (χ2v) is 6.19. The predicted octanol–water partition coefficient (Wildman–Crippen LogP) is -0.0338. The largest absolute Gasteiger partial charge is 0.480 e. The van der Waals surface area contributed by atoms with Crippen molar-refractivity contribution < 1.29 is 18.3 Å². The smallest absolute Gasteiger partial charge is 0.322 e. The van der Waals surface area contributed by atoms with Gasteiger partial charge in [-0.3, -0.25) is 4.79 Å². The molecular formula is C10H15N3O4S. The van der Waals surface area contributed by atoms with Gasteiger partial charge in [-0.1, -0.05) is 0 Å². The van der Waals surface area contributed by atoms with E-state index in [2.05, 4.69) is 4.98 Å². The summed E-state index contributed by atoms with van der Waals surface area (Å²) in [6.45, 7) is 1.92. The zero-order valence-electron chi connectivity index (χ0n) is 10.2. The van der Waals surface area contributed by atoms with Crippen LogP contribution in [0.2, 0.25) is 0 Å². The molecule has 0 amide bonds. The van der Waals surface area contributed by atoms with Crippen LogP contribution in [0.1, 0.15) is 18.7 Å². The summed E-state index contributed by atoms with van der Waals surface area (Å²) < 4.78 is 27.2. The molecule has 1 fully saturated rings. The third kappa shape index (κ3) is 2.01. The maximum absolute atomic E-state index is 12.3. The minimum absolute atomic E-state index is 0.0874. The van der Waals surface area contributed by atoms with Crippen LogP contribution in [-0.4, -0.2) is 45.9 Å². The SMILES string of the molecule is Cc1nc(S(=O)(=O)N2CCCC2C(=O)O)cn1C.